The number of amides is 1. The number of carbonyl (C=O) groups is 1. The number of hydrogen-bond donors (Lipinski definition) is 0. The largest absolute Gasteiger partial charge is 0.373 e. The van der Waals surface area contributed by atoms with Crippen molar-refractivity contribution in [2.45, 2.75) is 50.3 Å². The number of anilines is 1. The lowest BCUT2D eigenvalue weighted by Crippen LogP contribution is -2.48. The monoisotopic (exact) mass is 414 g/mol. The van der Waals surface area contributed by atoms with Gasteiger partial charge < -0.3 is 9.64 Å². The van der Waals surface area contributed by atoms with Crippen LogP contribution in [0.1, 0.15) is 36.7 Å². The zero-order chi connectivity index (χ0) is 20.8. The van der Waals surface area contributed by atoms with Gasteiger partial charge in [-0.2, -0.15) is 4.31 Å². The molecule has 2 aromatic rings. The molecule has 154 valence electrons. The second-order valence-corrected chi connectivity index (χ2v) is 9.90. The van der Waals surface area contributed by atoms with Crippen molar-refractivity contribution in [2.75, 3.05) is 18.0 Å². The summed E-state index contributed by atoms with van der Waals surface area (Å²) in [7, 11) is -3.70. The minimum absolute atomic E-state index is 0.0288. The molecule has 1 fully saturated rings. The average molecular weight is 415 g/mol. The van der Waals surface area contributed by atoms with Crippen molar-refractivity contribution in [1.82, 2.24) is 4.31 Å². The lowest BCUT2D eigenvalue weighted by atomic mass is 10.1. The van der Waals surface area contributed by atoms with E-state index in [1.54, 1.807) is 23.1 Å². The van der Waals surface area contributed by atoms with Crippen LogP contribution in [-0.4, -0.2) is 50.0 Å². The van der Waals surface area contributed by atoms with Crippen LogP contribution in [-0.2, 0) is 21.2 Å². The van der Waals surface area contributed by atoms with E-state index in [0.29, 0.717) is 18.7 Å². The Hall–Kier alpha value is -2.22. The summed E-state index contributed by atoms with van der Waals surface area (Å²) in [4.78, 5) is 15.2. The van der Waals surface area contributed by atoms with E-state index >= 15 is 0 Å². The molecule has 0 radical (unpaired) electrons. The maximum Gasteiger partial charge on any atom is 0.258 e. The first-order valence-electron chi connectivity index (χ1n) is 9.94. The van der Waals surface area contributed by atoms with E-state index in [4.69, 9.17) is 4.74 Å². The molecule has 1 amide bonds. The lowest BCUT2D eigenvalue weighted by molar-refractivity contribution is -0.0440. The molecule has 0 bridgehead atoms. The molecule has 2 aliphatic heterocycles. The fourth-order valence-electron chi connectivity index (χ4n) is 4.28. The zero-order valence-electron chi connectivity index (χ0n) is 16.9. The number of fused-ring (bicyclic) bond motifs is 1. The number of rotatable bonds is 3. The van der Waals surface area contributed by atoms with E-state index in [1.165, 1.54) is 10.4 Å². The summed E-state index contributed by atoms with van der Waals surface area (Å²) in [5, 5.41) is 0. The van der Waals surface area contributed by atoms with E-state index < -0.39 is 10.0 Å². The molecule has 2 heterocycles. The van der Waals surface area contributed by atoms with Crippen molar-refractivity contribution in [3.05, 3.63) is 59.7 Å². The molecule has 2 aliphatic rings. The third-order valence-electron chi connectivity index (χ3n) is 5.53. The van der Waals surface area contributed by atoms with Gasteiger partial charge in [0.1, 0.15) is 0 Å². The number of carbonyl (C=O) groups excluding carboxylic acids is 1. The Labute approximate surface area is 172 Å². The first-order chi connectivity index (χ1) is 13.8. The molecule has 1 saturated heterocycles. The molecule has 3 atom stereocenters. The smallest absolute Gasteiger partial charge is 0.258 e. The van der Waals surface area contributed by atoms with Gasteiger partial charge >= 0.3 is 0 Å². The molecule has 0 spiro atoms. The van der Waals surface area contributed by atoms with E-state index in [2.05, 4.69) is 0 Å². The first-order valence-corrected chi connectivity index (χ1v) is 11.4. The van der Waals surface area contributed by atoms with Gasteiger partial charge in [0.15, 0.2) is 0 Å². The highest BCUT2D eigenvalue weighted by Crippen LogP contribution is 2.33. The van der Waals surface area contributed by atoms with Gasteiger partial charge in [0.2, 0.25) is 10.0 Å². The minimum atomic E-state index is -3.70. The number of sulfonamides is 1. The predicted molar refractivity (Wildman–Crippen MR) is 112 cm³/mol. The number of nitrogens with zero attached hydrogens (tertiary/aromatic N) is 2. The van der Waals surface area contributed by atoms with Crippen LogP contribution in [0.4, 0.5) is 5.69 Å². The lowest BCUT2D eigenvalue weighted by Gasteiger charge is -2.34. The fourth-order valence-corrected chi connectivity index (χ4v) is 5.92. The normalized spacial score (nSPS) is 25.1. The molecule has 0 N–H and O–H groups in total. The molecule has 0 aliphatic carbocycles. The van der Waals surface area contributed by atoms with Gasteiger partial charge in [0.05, 0.1) is 17.1 Å². The van der Waals surface area contributed by atoms with E-state index in [1.807, 2.05) is 45.0 Å². The maximum absolute atomic E-state index is 13.3. The molecule has 29 heavy (non-hydrogen) atoms. The third-order valence-corrected chi connectivity index (χ3v) is 7.36. The van der Waals surface area contributed by atoms with Gasteiger partial charge in [-0.05, 0) is 57.0 Å². The summed E-state index contributed by atoms with van der Waals surface area (Å²) in [5.74, 6) is -0.178. The quantitative estimate of drug-likeness (QED) is 0.774. The van der Waals surface area contributed by atoms with Crippen molar-refractivity contribution in [1.29, 1.82) is 0 Å². The molecular formula is C22H26N2O4S. The van der Waals surface area contributed by atoms with E-state index in [0.717, 1.165) is 17.7 Å². The third kappa shape index (κ3) is 3.70. The Bertz CT molecular complexity index is 1030. The van der Waals surface area contributed by atoms with Gasteiger partial charge in [-0.15, -0.1) is 0 Å². The first kappa shape index (κ1) is 20.1. The summed E-state index contributed by atoms with van der Waals surface area (Å²) in [6.45, 7) is 6.35. The summed E-state index contributed by atoms with van der Waals surface area (Å²) < 4.78 is 33.5. The molecule has 0 saturated carbocycles. The molecular weight excluding hydrogens is 388 g/mol. The Morgan fingerprint density at radius 3 is 2.41 bits per heavy atom. The van der Waals surface area contributed by atoms with Crippen molar-refractivity contribution >= 4 is 21.6 Å². The summed E-state index contributed by atoms with van der Waals surface area (Å²) in [6, 6.07) is 14.2. The van der Waals surface area contributed by atoms with Crippen LogP contribution in [0.25, 0.3) is 0 Å². The van der Waals surface area contributed by atoms with Crippen molar-refractivity contribution in [2.24, 2.45) is 0 Å². The number of ether oxygens (including phenoxy) is 1. The van der Waals surface area contributed by atoms with Gasteiger partial charge in [-0.3, -0.25) is 4.79 Å². The topological polar surface area (TPSA) is 66.9 Å². The standard InChI is InChI=1S/C22H26N2O4S/c1-15-11-18-7-4-5-10-21(18)24(15)22(25)19-8-6-9-20(12-19)29(26,27)23-13-16(2)28-17(3)14-23/h4-10,12,15-17H,11,13-14H2,1-3H3. The molecule has 2 aromatic carbocycles. The molecule has 6 nitrogen and oxygen atoms in total. The van der Waals surface area contributed by atoms with Crippen molar-refractivity contribution in [3.8, 4) is 0 Å². The molecule has 0 aromatic heterocycles. The highest BCUT2D eigenvalue weighted by Gasteiger charge is 2.34. The van der Waals surface area contributed by atoms with Crippen molar-refractivity contribution < 1.29 is 17.9 Å². The van der Waals surface area contributed by atoms with Gasteiger partial charge in [0.25, 0.3) is 5.91 Å². The van der Waals surface area contributed by atoms with Crippen LogP contribution in [0.5, 0.6) is 0 Å². The average Bonchev–Trinajstić information content (AvgIpc) is 3.02. The minimum Gasteiger partial charge on any atom is -0.373 e. The Kier molecular flexibility index (Phi) is 5.23. The summed E-state index contributed by atoms with van der Waals surface area (Å²) >= 11 is 0. The van der Waals surface area contributed by atoms with Crippen molar-refractivity contribution in [3.63, 3.8) is 0 Å². The SMILES string of the molecule is CC1CN(S(=O)(=O)c2cccc(C(=O)N3c4ccccc4CC3C)c2)CC(C)O1. The maximum atomic E-state index is 13.3. The number of hydrogen-bond acceptors (Lipinski definition) is 4. The number of para-hydroxylation sites is 1. The van der Waals surface area contributed by atoms with E-state index in [-0.39, 0.29) is 29.1 Å². The van der Waals surface area contributed by atoms with Crippen LogP contribution < -0.4 is 4.90 Å². The fraction of sp³-hybridized carbons (Fsp3) is 0.409. The van der Waals surface area contributed by atoms with Crippen LogP contribution in [0.2, 0.25) is 0 Å². The van der Waals surface area contributed by atoms with E-state index in [9.17, 15) is 13.2 Å². The number of benzene rings is 2. The zero-order valence-corrected chi connectivity index (χ0v) is 17.7. The molecule has 7 heteroatoms. The van der Waals surface area contributed by atoms with Crippen LogP contribution in [0, 0.1) is 0 Å². The summed E-state index contributed by atoms with van der Waals surface area (Å²) in [6.07, 6.45) is 0.462. The van der Waals surface area contributed by atoms with Crippen LogP contribution in [0.15, 0.2) is 53.4 Å². The van der Waals surface area contributed by atoms with Gasteiger partial charge in [-0.25, -0.2) is 8.42 Å². The Balaban J connectivity index is 1.65. The highest BCUT2D eigenvalue weighted by molar-refractivity contribution is 7.89. The Morgan fingerprint density at radius 1 is 1.00 bits per heavy atom. The molecule has 4 rings (SSSR count). The Morgan fingerprint density at radius 2 is 1.69 bits per heavy atom. The number of morpholine rings is 1. The van der Waals surface area contributed by atoms with Crippen LogP contribution >= 0.6 is 0 Å². The highest BCUT2D eigenvalue weighted by atomic mass is 32.2. The predicted octanol–water partition coefficient (Wildman–Crippen LogP) is 3.08. The van der Waals surface area contributed by atoms with Gasteiger partial charge in [-0.1, -0.05) is 24.3 Å². The van der Waals surface area contributed by atoms with Gasteiger partial charge in [0, 0.05) is 30.4 Å². The second-order valence-electron chi connectivity index (χ2n) is 7.96. The van der Waals surface area contributed by atoms with Crippen LogP contribution in [0.3, 0.4) is 0 Å². The summed E-state index contributed by atoms with van der Waals surface area (Å²) in [5.41, 5.74) is 2.41. The second kappa shape index (κ2) is 7.55. The molecule has 3 unspecified atom stereocenters.